The third-order valence-corrected chi connectivity index (χ3v) is 6.87. The first-order chi connectivity index (χ1) is 17.1. The molecule has 1 atom stereocenters. The number of aryl methyl sites for hydroxylation is 1. The number of ether oxygens (including phenoxy) is 1. The zero-order valence-electron chi connectivity index (χ0n) is 20.4. The van der Waals surface area contributed by atoms with E-state index in [0.717, 1.165) is 6.20 Å². The van der Waals surface area contributed by atoms with Gasteiger partial charge >= 0.3 is 0 Å². The summed E-state index contributed by atoms with van der Waals surface area (Å²) in [6, 6.07) is 2.23. The fraction of sp³-hybridized carbons (Fsp3) is 0.458. The lowest BCUT2D eigenvalue weighted by molar-refractivity contribution is -0.135. The maximum absolute atomic E-state index is 14.7. The number of fused-ring (bicyclic) bond motifs is 1. The van der Waals surface area contributed by atoms with E-state index in [9.17, 15) is 22.8 Å². The molecule has 12 heteroatoms. The Hall–Kier alpha value is -3.54. The van der Waals surface area contributed by atoms with E-state index in [1.807, 2.05) is 0 Å². The van der Waals surface area contributed by atoms with Crippen molar-refractivity contribution in [3.63, 3.8) is 0 Å². The van der Waals surface area contributed by atoms with Gasteiger partial charge in [0.1, 0.15) is 29.1 Å². The first-order valence-corrected chi connectivity index (χ1v) is 11.4. The van der Waals surface area contributed by atoms with Gasteiger partial charge in [-0.2, -0.15) is 0 Å². The number of aromatic nitrogens is 4. The number of halogens is 3. The molecular formula is C24H27F3N6O3. The van der Waals surface area contributed by atoms with Crippen molar-refractivity contribution >= 4 is 22.8 Å². The SMILES string of the molecule is COC1(c2cc3c(N[C@H](C)c4ccnc(C(F)F)c4F)ncnc3n(C)c2=O)CCN(C(C)=O)CC1. The Morgan fingerprint density at radius 1 is 1.22 bits per heavy atom. The van der Waals surface area contributed by atoms with Gasteiger partial charge in [-0.05, 0) is 31.9 Å². The topological polar surface area (TPSA) is 102 Å². The van der Waals surface area contributed by atoms with Crippen molar-refractivity contribution in [2.75, 3.05) is 25.5 Å². The van der Waals surface area contributed by atoms with Crippen LogP contribution in [-0.4, -0.2) is 50.5 Å². The van der Waals surface area contributed by atoms with Crippen molar-refractivity contribution in [1.82, 2.24) is 24.4 Å². The molecular weight excluding hydrogens is 477 g/mol. The second-order valence-electron chi connectivity index (χ2n) is 8.85. The Morgan fingerprint density at radius 3 is 2.53 bits per heavy atom. The van der Waals surface area contributed by atoms with Gasteiger partial charge in [-0.15, -0.1) is 0 Å². The molecule has 0 bridgehead atoms. The van der Waals surface area contributed by atoms with Crippen LogP contribution in [-0.2, 0) is 22.2 Å². The number of carbonyl (C=O) groups is 1. The number of methoxy groups -OCH3 is 1. The van der Waals surface area contributed by atoms with Crippen molar-refractivity contribution in [1.29, 1.82) is 0 Å². The smallest absolute Gasteiger partial charge is 0.283 e. The van der Waals surface area contributed by atoms with Crippen molar-refractivity contribution in [3.05, 3.63) is 57.6 Å². The lowest BCUT2D eigenvalue weighted by Crippen LogP contribution is -2.48. The molecule has 0 saturated carbocycles. The fourth-order valence-electron chi connectivity index (χ4n) is 4.72. The summed E-state index contributed by atoms with van der Waals surface area (Å²) in [6.45, 7) is 3.98. The standard InChI is InChI=1S/C24H27F3N6O3/c1-13(15-5-8-28-19(18(15)25)20(26)27)31-21-16-11-17(23(35)32(3)22(16)30-12-29-21)24(36-4)6-9-33(10-7-24)14(2)34/h5,8,11-13,20H,6-7,9-10H2,1-4H3,(H,29,30,31)/t13-/m1/s1. The van der Waals surface area contributed by atoms with Gasteiger partial charge in [0.2, 0.25) is 5.91 Å². The number of hydrogen-bond acceptors (Lipinski definition) is 7. The average Bonchev–Trinajstić information content (AvgIpc) is 2.86. The number of nitrogens with one attached hydrogen (secondary N) is 1. The van der Waals surface area contributed by atoms with Gasteiger partial charge in [0.15, 0.2) is 5.82 Å². The molecule has 1 aliphatic heterocycles. The Morgan fingerprint density at radius 2 is 1.92 bits per heavy atom. The van der Waals surface area contributed by atoms with E-state index in [2.05, 4.69) is 20.3 Å². The highest BCUT2D eigenvalue weighted by Crippen LogP contribution is 2.37. The summed E-state index contributed by atoms with van der Waals surface area (Å²) in [7, 11) is 3.11. The minimum Gasteiger partial charge on any atom is -0.373 e. The monoisotopic (exact) mass is 504 g/mol. The number of anilines is 1. The Kier molecular flexibility index (Phi) is 6.98. The fourth-order valence-corrected chi connectivity index (χ4v) is 4.72. The minimum atomic E-state index is -3.05. The molecule has 0 unspecified atom stereocenters. The molecule has 1 fully saturated rings. The summed E-state index contributed by atoms with van der Waals surface area (Å²) >= 11 is 0. The van der Waals surface area contributed by atoms with Crippen molar-refractivity contribution in [3.8, 4) is 0 Å². The van der Waals surface area contributed by atoms with Gasteiger partial charge in [-0.3, -0.25) is 19.1 Å². The second kappa shape index (κ2) is 9.84. The van der Waals surface area contributed by atoms with Crippen molar-refractivity contribution in [2.24, 2.45) is 7.05 Å². The van der Waals surface area contributed by atoms with Crippen LogP contribution < -0.4 is 10.9 Å². The Labute approximate surface area is 205 Å². The molecule has 4 heterocycles. The molecule has 1 N–H and O–H groups in total. The highest BCUT2D eigenvalue weighted by molar-refractivity contribution is 5.87. The zero-order chi connectivity index (χ0) is 26.2. The van der Waals surface area contributed by atoms with E-state index >= 15 is 0 Å². The predicted molar refractivity (Wildman–Crippen MR) is 126 cm³/mol. The first-order valence-electron chi connectivity index (χ1n) is 11.4. The van der Waals surface area contributed by atoms with E-state index < -0.39 is 29.6 Å². The molecule has 0 spiro atoms. The van der Waals surface area contributed by atoms with Gasteiger partial charge in [-0.25, -0.2) is 23.1 Å². The van der Waals surface area contributed by atoms with E-state index in [4.69, 9.17) is 4.74 Å². The number of carbonyl (C=O) groups excluding carboxylic acids is 1. The summed E-state index contributed by atoms with van der Waals surface area (Å²) < 4.78 is 48.2. The third kappa shape index (κ3) is 4.41. The number of piperidine rings is 1. The van der Waals surface area contributed by atoms with Crippen molar-refractivity contribution < 1.29 is 22.7 Å². The van der Waals surface area contributed by atoms with Crippen LogP contribution in [0.2, 0.25) is 0 Å². The molecule has 3 aromatic heterocycles. The van der Waals surface area contributed by atoms with Crippen LogP contribution in [0.1, 0.15) is 56.0 Å². The molecule has 0 aromatic carbocycles. The highest BCUT2D eigenvalue weighted by Gasteiger charge is 2.40. The number of nitrogens with zero attached hydrogens (tertiary/aromatic N) is 5. The minimum absolute atomic E-state index is 0.00192. The molecule has 36 heavy (non-hydrogen) atoms. The second-order valence-corrected chi connectivity index (χ2v) is 8.85. The third-order valence-electron chi connectivity index (χ3n) is 6.87. The van der Waals surface area contributed by atoms with E-state index in [1.165, 1.54) is 31.0 Å². The number of alkyl halides is 2. The molecule has 9 nitrogen and oxygen atoms in total. The molecule has 0 aliphatic carbocycles. The summed E-state index contributed by atoms with van der Waals surface area (Å²) in [5, 5.41) is 3.55. The van der Waals surface area contributed by atoms with Gasteiger partial charge in [0, 0.05) is 45.9 Å². The lowest BCUT2D eigenvalue weighted by Gasteiger charge is -2.40. The quantitative estimate of drug-likeness (QED) is 0.549. The zero-order valence-corrected chi connectivity index (χ0v) is 20.4. The van der Waals surface area contributed by atoms with Gasteiger partial charge in [0.25, 0.3) is 12.0 Å². The first kappa shape index (κ1) is 25.5. The van der Waals surface area contributed by atoms with Crippen LogP contribution >= 0.6 is 0 Å². The van der Waals surface area contributed by atoms with E-state index in [1.54, 1.807) is 24.9 Å². The largest absolute Gasteiger partial charge is 0.373 e. The Bertz CT molecular complexity index is 1350. The average molecular weight is 505 g/mol. The van der Waals surface area contributed by atoms with Crippen LogP contribution in [0.3, 0.4) is 0 Å². The molecule has 0 radical (unpaired) electrons. The predicted octanol–water partition coefficient (Wildman–Crippen LogP) is 3.46. The number of amides is 1. The van der Waals surface area contributed by atoms with Crippen LogP contribution in [0.25, 0.3) is 11.0 Å². The van der Waals surface area contributed by atoms with E-state index in [-0.39, 0.29) is 17.0 Å². The normalized spacial score (nSPS) is 16.4. The lowest BCUT2D eigenvalue weighted by atomic mass is 9.84. The maximum Gasteiger partial charge on any atom is 0.283 e. The van der Waals surface area contributed by atoms with Crippen LogP contribution in [0, 0.1) is 5.82 Å². The van der Waals surface area contributed by atoms with Crippen molar-refractivity contribution in [2.45, 2.75) is 44.8 Å². The molecule has 1 amide bonds. The summed E-state index contributed by atoms with van der Waals surface area (Å²) in [6.07, 6.45) is 0.202. The summed E-state index contributed by atoms with van der Waals surface area (Å²) in [4.78, 5) is 38.8. The number of likely N-dealkylation sites (tertiary alicyclic amines) is 1. The molecule has 3 aromatic rings. The van der Waals surface area contributed by atoms with Gasteiger partial charge in [0.05, 0.1) is 17.0 Å². The van der Waals surface area contributed by atoms with Crippen LogP contribution in [0.15, 0.2) is 29.5 Å². The van der Waals surface area contributed by atoms with Gasteiger partial charge in [-0.1, -0.05) is 0 Å². The summed E-state index contributed by atoms with van der Waals surface area (Å²) in [5.74, 6) is -0.834. The summed E-state index contributed by atoms with van der Waals surface area (Å²) in [5.41, 5.74) is -1.40. The van der Waals surface area contributed by atoms with Crippen LogP contribution in [0.4, 0.5) is 19.0 Å². The molecule has 1 saturated heterocycles. The van der Waals surface area contributed by atoms with Crippen LogP contribution in [0.5, 0.6) is 0 Å². The molecule has 192 valence electrons. The maximum atomic E-state index is 14.7. The number of pyridine rings is 2. The molecule has 1 aliphatic rings. The Balaban J connectivity index is 1.77. The van der Waals surface area contributed by atoms with E-state index in [0.29, 0.717) is 48.3 Å². The number of rotatable bonds is 6. The highest BCUT2D eigenvalue weighted by atomic mass is 19.3. The van der Waals surface area contributed by atoms with Gasteiger partial charge < -0.3 is 15.0 Å². The number of hydrogen-bond donors (Lipinski definition) is 1. The molecule has 4 rings (SSSR count).